The third-order valence-corrected chi connectivity index (χ3v) is 10.9. The van der Waals surface area contributed by atoms with Gasteiger partial charge in [0.2, 0.25) is 10.0 Å². The van der Waals surface area contributed by atoms with Gasteiger partial charge in [-0.1, -0.05) is 67.1 Å². The number of hydrogen-bond donors (Lipinski definition) is 0. The summed E-state index contributed by atoms with van der Waals surface area (Å²) in [7, 11) is -1.76. The normalized spacial score (nSPS) is 22.9. The lowest BCUT2D eigenvalue weighted by Gasteiger charge is -2.35. The number of hydrogen-bond acceptors (Lipinski definition) is 3. The van der Waals surface area contributed by atoms with Gasteiger partial charge >= 0.3 is 0 Å². The molecule has 3 atom stereocenters. The van der Waals surface area contributed by atoms with Gasteiger partial charge in [-0.2, -0.15) is 4.31 Å². The zero-order valence-corrected chi connectivity index (χ0v) is 23.8. The predicted octanol–water partition coefficient (Wildman–Crippen LogP) is 6.74. The van der Waals surface area contributed by atoms with E-state index < -0.39 is 10.0 Å². The summed E-state index contributed by atoms with van der Waals surface area (Å²) < 4.78 is 41.6. The fraction of sp³-hybridized carbons (Fsp3) is 0.455. The van der Waals surface area contributed by atoms with Crippen molar-refractivity contribution in [3.63, 3.8) is 0 Å². The predicted molar refractivity (Wildman–Crippen MR) is 156 cm³/mol. The Morgan fingerprint density at radius 3 is 2.18 bits per heavy atom. The van der Waals surface area contributed by atoms with Gasteiger partial charge in [0.1, 0.15) is 5.82 Å². The number of likely N-dealkylation sites (tertiary alicyclic amines) is 1. The Morgan fingerprint density at radius 2 is 1.51 bits per heavy atom. The highest BCUT2D eigenvalue weighted by Crippen LogP contribution is 2.43. The molecule has 4 nitrogen and oxygen atoms in total. The van der Waals surface area contributed by atoms with Gasteiger partial charge in [-0.25, -0.2) is 12.8 Å². The molecule has 2 aliphatic rings. The second-order valence-corrected chi connectivity index (χ2v) is 13.5. The first-order valence-corrected chi connectivity index (χ1v) is 15.9. The average molecular weight is 549 g/mol. The molecule has 1 aliphatic carbocycles. The Morgan fingerprint density at radius 1 is 0.872 bits per heavy atom. The van der Waals surface area contributed by atoms with Crippen molar-refractivity contribution in [2.75, 3.05) is 26.7 Å². The molecular formula is C33H41FN2O2S. The van der Waals surface area contributed by atoms with Crippen LogP contribution in [0, 0.1) is 17.7 Å². The molecule has 1 saturated heterocycles. The fourth-order valence-corrected chi connectivity index (χ4v) is 8.09. The van der Waals surface area contributed by atoms with Gasteiger partial charge in [0.05, 0.1) is 4.90 Å². The van der Waals surface area contributed by atoms with Gasteiger partial charge in [0.15, 0.2) is 0 Å². The zero-order valence-electron chi connectivity index (χ0n) is 23.0. The maximum absolute atomic E-state index is 13.4. The Balaban J connectivity index is 1.18. The molecule has 1 heterocycles. The molecule has 2 fully saturated rings. The number of aryl methyl sites for hydroxylation is 1. The highest BCUT2D eigenvalue weighted by atomic mass is 32.2. The number of halogens is 1. The zero-order chi connectivity index (χ0) is 27.2. The maximum Gasteiger partial charge on any atom is 0.243 e. The van der Waals surface area contributed by atoms with Crippen molar-refractivity contribution in [2.24, 2.45) is 11.8 Å². The smallest absolute Gasteiger partial charge is 0.243 e. The van der Waals surface area contributed by atoms with Gasteiger partial charge in [0, 0.05) is 19.6 Å². The van der Waals surface area contributed by atoms with Crippen LogP contribution in [0.3, 0.4) is 0 Å². The minimum Gasteiger partial charge on any atom is -0.303 e. The summed E-state index contributed by atoms with van der Waals surface area (Å²) in [4.78, 5) is 2.99. The highest BCUT2D eigenvalue weighted by Gasteiger charge is 2.41. The summed E-state index contributed by atoms with van der Waals surface area (Å²) in [5.41, 5.74) is 2.54. The van der Waals surface area contributed by atoms with Crippen LogP contribution in [0.25, 0.3) is 0 Å². The van der Waals surface area contributed by atoms with Gasteiger partial charge in [-0.05, 0) is 105 Å². The molecule has 1 unspecified atom stereocenters. The summed E-state index contributed by atoms with van der Waals surface area (Å²) in [5.74, 6) is 1.38. The van der Waals surface area contributed by atoms with Crippen LogP contribution in [-0.4, -0.2) is 50.3 Å². The summed E-state index contributed by atoms with van der Waals surface area (Å²) in [6.07, 6.45) is 7.58. The molecule has 1 aliphatic heterocycles. The maximum atomic E-state index is 13.4. The van der Waals surface area contributed by atoms with E-state index in [0.717, 1.165) is 51.2 Å². The first-order valence-electron chi connectivity index (χ1n) is 14.4. The van der Waals surface area contributed by atoms with Crippen LogP contribution < -0.4 is 0 Å². The third-order valence-electron chi connectivity index (χ3n) is 9.02. The molecule has 0 bridgehead atoms. The molecule has 0 radical (unpaired) electrons. The van der Waals surface area contributed by atoms with E-state index in [2.05, 4.69) is 35.2 Å². The van der Waals surface area contributed by atoms with Gasteiger partial charge in [-0.15, -0.1) is 0 Å². The lowest BCUT2D eigenvalue weighted by atomic mass is 9.87. The van der Waals surface area contributed by atoms with Crippen LogP contribution in [0.15, 0.2) is 89.8 Å². The van der Waals surface area contributed by atoms with E-state index in [4.69, 9.17) is 0 Å². The van der Waals surface area contributed by atoms with Crippen molar-refractivity contribution in [3.05, 3.63) is 102 Å². The minimum absolute atomic E-state index is 0.00517. The molecule has 1 saturated carbocycles. The van der Waals surface area contributed by atoms with E-state index in [1.807, 2.05) is 18.2 Å². The molecule has 0 aromatic heterocycles. The van der Waals surface area contributed by atoms with E-state index in [1.54, 1.807) is 47.8 Å². The number of sulfonamides is 1. The van der Waals surface area contributed by atoms with Crippen molar-refractivity contribution in [2.45, 2.75) is 61.8 Å². The molecule has 0 N–H and O–H groups in total. The average Bonchev–Trinajstić information content (AvgIpc) is 3.39. The van der Waals surface area contributed by atoms with E-state index in [-0.39, 0.29) is 11.9 Å². The fourth-order valence-electron chi connectivity index (χ4n) is 6.69. The molecule has 0 amide bonds. The summed E-state index contributed by atoms with van der Waals surface area (Å²) >= 11 is 0. The summed E-state index contributed by atoms with van der Waals surface area (Å²) in [6, 6.07) is 26.4. The number of benzene rings is 3. The molecule has 3 aromatic rings. The molecule has 39 heavy (non-hydrogen) atoms. The number of nitrogens with zero attached hydrogens (tertiary/aromatic N) is 2. The second-order valence-electron chi connectivity index (χ2n) is 11.5. The van der Waals surface area contributed by atoms with E-state index in [1.165, 1.54) is 30.4 Å². The highest BCUT2D eigenvalue weighted by molar-refractivity contribution is 7.89. The molecule has 208 valence electrons. The number of rotatable bonds is 10. The van der Waals surface area contributed by atoms with Gasteiger partial charge < -0.3 is 4.90 Å². The van der Waals surface area contributed by atoms with Crippen molar-refractivity contribution in [1.82, 2.24) is 9.21 Å². The number of piperidine rings is 1. The summed E-state index contributed by atoms with van der Waals surface area (Å²) in [5, 5.41) is 0. The minimum atomic E-state index is -3.52. The monoisotopic (exact) mass is 548 g/mol. The van der Waals surface area contributed by atoms with Crippen LogP contribution in [0.5, 0.6) is 0 Å². The first kappa shape index (κ1) is 28.0. The molecule has 3 aromatic carbocycles. The van der Waals surface area contributed by atoms with E-state index in [9.17, 15) is 12.8 Å². The van der Waals surface area contributed by atoms with Crippen molar-refractivity contribution in [1.29, 1.82) is 0 Å². The Kier molecular flexibility index (Phi) is 9.16. The van der Waals surface area contributed by atoms with Gasteiger partial charge in [-0.3, -0.25) is 0 Å². The molecule has 0 spiro atoms. The quantitative estimate of drug-likeness (QED) is 0.282. The topological polar surface area (TPSA) is 40.6 Å². The van der Waals surface area contributed by atoms with Crippen molar-refractivity contribution < 1.29 is 12.8 Å². The van der Waals surface area contributed by atoms with E-state index in [0.29, 0.717) is 16.7 Å². The SMILES string of the molecule is CN(C1C[C@H](CN2CCC(CCCc3ccc(F)cc3)CC2)[C@@H](c2ccccc2)C1)S(=O)(=O)c1ccccc1. The second kappa shape index (κ2) is 12.8. The Labute approximate surface area is 233 Å². The van der Waals surface area contributed by atoms with Crippen LogP contribution >= 0.6 is 0 Å². The Hall–Kier alpha value is -2.54. The van der Waals surface area contributed by atoms with Crippen LogP contribution in [0.1, 0.15) is 55.6 Å². The molecule has 5 rings (SSSR count). The van der Waals surface area contributed by atoms with Crippen LogP contribution in [-0.2, 0) is 16.4 Å². The van der Waals surface area contributed by atoms with Crippen LogP contribution in [0.2, 0.25) is 0 Å². The largest absolute Gasteiger partial charge is 0.303 e. The van der Waals surface area contributed by atoms with Crippen LogP contribution in [0.4, 0.5) is 4.39 Å². The lowest BCUT2D eigenvalue weighted by molar-refractivity contribution is 0.150. The third kappa shape index (κ3) is 6.97. The van der Waals surface area contributed by atoms with Gasteiger partial charge in [0.25, 0.3) is 0 Å². The first-order chi connectivity index (χ1) is 18.9. The lowest BCUT2D eigenvalue weighted by Crippen LogP contribution is -2.38. The molecular weight excluding hydrogens is 507 g/mol. The summed E-state index contributed by atoms with van der Waals surface area (Å²) in [6.45, 7) is 3.25. The standard InChI is InChI=1S/C33H41FN2O2S/c1-35(39(37,38)32-13-6-3-7-14-32)31-23-29(33(24-31)28-11-4-2-5-12-28)25-36-21-19-27(20-22-36)10-8-9-26-15-17-30(34)18-16-26/h2-7,11-18,27,29,31,33H,8-10,19-25H2,1H3/t29-,31?,33-/m1/s1. The Bertz CT molecular complexity index is 1280. The van der Waals surface area contributed by atoms with Crippen molar-refractivity contribution in [3.8, 4) is 0 Å². The van der Waals surface area contributed by atoms with E-state index >= 15 is 0 Å². The van der Waals surface area contributed by atoms with Crippen molar-refractivity contribution >= 4 is 10.0 Å². The molecule has 6 heteroatoms.